The Morgan fingerprint density at radius 3 is 2.20 bits per heavy atom. The Morgan fingerprint density at radius 1 is 1.00 bits per heavy atom. The Hall–Kier alpha value is -2.69. The molecule has 2 N–H and O–H groups in total. The minimum atomic E-state index is -0.453. The van der Waals surface area contributed by atoms with Crippen molar-refractivity contribution in [3.63, 3.8) is 0 Å². The van der Waals surface area contributed by atoms with Gasteiger partial charge in [-0.2, -0.15) is 0 Å². The summed E-state index contributed by atoms with van der Waals surface area (Å²) < 4.78 is 13.2. The Kier molecular flexibility index (Phi) is 2.75. The third kappa shape index (κ3) is 1.84. The predicted molar refractivity (Wildman–Crippen MR) is 71.5 cm³/mol. The normalized spacial score (nSPS) is 13.8. The lowest BCUT2D eigenvalue weighted by atomic mass is 10.1. The molecule has 1 heterocycles. The van der Waals surface area contributed by atoms with E-state index in [4.69, 9.17) is 5.73 Å². The zero-order chi connectivity index (χ0) is 14.3. The summed E-state index contributed by atoms with van der Waals surface area (Å²) in [4.78, 5) is 25.4. The average Bonchev–Trinajstić information content (AvgIpc) is 2.68. The van der Waals surface area contributed by atoms with E-state index >= 15 is 0 Å². The zero-order valence-corrected chi connectivity index (χ0v) is 10.5. The lowest BCUT2D eigenvalue weighted by Gasteiger charge is -2.15. The quantitative estimate of drug-likeness (QED) is 0.672. The van der Waals surface area contributed by atoms with E-state index < -0.39 is 5.82 Å². The van der Waals surface area contributed by atoms with Crippen molar-refractivity contribution >= 4 is 17.5 Å². The molecule has 2 amide bonds. The second-order valence-corrected chi connectivity index (χ2v) is 4.59. The van der Waals surface area contributed by atoms with Crippen LogP contribution in [0, 0.1) is 5.82 Å². The molecule has 0 fully saturated rings. The number of benzene rings is 2. The number of hydrogen-bond donors (Lipinski definition) is 1. The third-order valence-electron chi connectivity index (χ3n) is 3.31. The van der Waals surface area contributed by atoms with E-state index in [2.05, 4.69) is 0 Å². The molecule has 4 nitrogen and oxygen atoms in total. The lowest BCUT2D eigenvalue weighted by molar-refractivity contribution is 0.0642. The van der Waals surface area contributed by atoms with Crippen LogP contribution in [0.3, 0.4) is 0 Å². The van der Waals surface area contributed by atoms with Crippen LogP contribution in [-0.4, -0.2) is 16.7 Å². The maximum Gasteiger partial charge on any atom is 0.261 e. The summed E-state index contributed by atoms with van der Waals surface area (Å²) in [5.74, 6) is -1.21. The van der Waals surface area contributed by atoms with Crippen molar-refractivity contribution in [2.75, 3.05) is 5.73 Å². The number of nitrogens with two attached hydrogens (primary N) is 1. The molecule has 0 radical (unpaired) electrons. The van der Waals surface area contributed by atoms with Crippen LogP contribution in [0.2, 0.25) is 0 Å². The second-order valence-electron chi connectivity index (χ2n) is 4.59. The van der Waals surface area contributed by atoms with Gasteiger partial charge in [0, 0.05) is 5.69 Å². The molecule has 0 saturated heterocycles. The molecule has 0 atom stereocenters. The molecule has 3 rings (SSSR count). The first-order chi connectivity index (χ1) is 9.58. The third-order valence-corrected chi connectivity index (χ3v) is 3.31. The van der Waals surface area contributed by atoms with Crippen LogP contribution in [-0.2, 0) is 6.54 Å². The van der Waals surface area contributed by atoms with E-state index in [1.165, 1.54) is 18.2 Å². The minimum absolute atomic E-state index is 0.0318. The van der Waals surface area contributed by atoms with Gasteiger partial charge in [-0.05, 0) is 35.9 Å². The predicted octanol–water partition coefficient (Wildman–Crippen LogP) is 2.20. The number of anilines is 1. The topological polar surface area (TPSA) is 63.4 Å². The smallest absolute Gasteiger partial charge is 0.261 e. The Balaban J connectivity index is 1.96. The molecule has 0 aromatic heterocycles. The Labute approximate surface area is 114 Å². The fourth-order valence-corrected chi connectivity index (χ4v) is 2.26. The van der Waals surface area contributed by atoms with E-state index in [-0.39, 0.29) is 18.4 Å². The van der Waals surface area contributed by atoms with Gasteiger partial charge in [0.15, 0.2) is 0 Å². The van der Waals surface area contributed by atoms with Gasteiger partial charge in [0.25, 0.3) is 11.8 Å². The number of carbonyl (C=O) groups is 2. The lowest BCUT2D eigenvalue weighted by Crippen LogP contribution is -2.29. The number of rotatable bonds is 2. The van der Waals surface area contributed by atoms with Crippen LogP contribution in [0.5, 0.6) is 0 Å². The van der Waals surface area contributed by atoms with Gasteiger partial charge in [-0.3, -0.25) is 14.5 Å². The number of carbonyl (C=O) groups excluding carboxylic acids is 2. The Morgan fingerprint density at radius 2 is 1.60 bits per heavy atom. The fourth-order valence-electron chi connectivity index (χ4n) is 2.26. The minimum Gasteiger partial charge on any atom is -0.398 e. The number of fused-ring (bicyclic) bond motifs is 1. The Bertz CT molecular complexity index is 693. The van der Waals surface area contributed by atoms with E-state index in [1.54, 1.807) is 24.3 Å². The van der Waals surface area contributed by atoms with Crippen molar-refractivity contribution < 1.29 is 14.0 Å². The van der Waals surface area contributed by atoms with E-state index in [0.717, 1.165) is 4.90 Å². The first kappa shape index (κ1) is 12.3. The van der Waals surface area contributed by atoms with Crippen molar-refractivity contribution in [3.05, 3.63) is 65.0 Å². The summed E-state index contributed by atoms with van der Waals surface area (Å²) in [5, 5.41) is 0. The van der Waals surface area contributed by atoms with Gasteiger partial charge in [0.1, 0.15) is 5.82 Å². The maximum absolute atomic E-state index is 13.2. The van der Waals surface area contributed by atoms with Gasteiger partial charge >= 0.3 is 0 Å². The van der Waals surface area contributed by atoms with Crippen LogP contribution in [0.1, 0.15) is 26.3 Å². The summed E-state index contributed by atoms with van der Waals surface area (Å²) in [7, 11) is 0. The van der Waals surface area contributed by atoms with E-state index in [1.807, 2.05) is 0 Å². The number of nitrogen functional groups attached to an aromatic ring is 1. The molecular weight excluding hydrogens is 259 g/mol. The molecule has 2 aromatic carbocycles. The fraction of sp³-hybridized carbons (Fsp3) is 0.0667. The first-order valence-corrected chi connectivity index (χ1v) is 6.07. The summed E-state index contributed by atoms with van der Waals surface area (Å²) in [6, 6.07) is 10.5. The summed E-state index contributed by atoms with van der Waals surface area (Å²) >= 11 is 0. The highest BCUT2D eigenvalue weighted by atomic mass is 19.1. The van der Waals surface area contributed by atoms with Crippen LogP contribution in [0.4, 0.5) is 10.1 Å². The highest BCUT2D eigenvalue weighted by Crippen LogP contribution is 2.25. The van der Waals surface area contributed by atoms with Crippen LogP contribution >= 0.6 is 0 Å². The maximum atomic E-state index is 13.2. The monoisotopic (exact) mass is 270 g/mol. The molecule has 2 aromatic rings. The molecule has 1 aliphatic heterocycles. The molecule has 0 bridgehead atoms. The van der Waals surface area contributed by atoms with Gasteiger partial charge in [-0.15, -0.1) is 0 Å². The average molecular weight is 270 g/mol. The van der Waals surface area contributed by atoms with Gasteiger partial charge in [0.05, 0.1) is 17.7 Å². The molecule has 0 unspecified atom stereocenters. The first-order valence-electron chi connectivity index (χ1n) is 6.07. The van der Waals surface area contributed by atoms with Crippen molar-refractivity contribution in [1.82, 2.24) is 4.90 Å². The SMILES string of the molecule is Nc1ccc(F)cc1CN1C(=O)c2ccccc2C1=O. The molecule has 0 aliphatic carbocycles. The van der Waals surface area contributed by atoms with Crippen LogP contribution in [0.15, 0.2) is 42.5 Å². The van der Waals surface area contributed by atoms with E-state index in [9.17, 15) is 14.0 Å². The van der Waals surface area contributed by atoms with Gasteiger partial charge in [-0.25, -0.2) is 4.39 Å². The number of halogens is 1. The van der Waals surface area contributed by atoms with Crippen LogP contribution < -0.4 is 5.73 Å². The zero-order valence-electron chi connectivity index (χ0n) is 10.5. The number of hydrogen-bond acceptors (Lipinski definition) is 3. The number of nitrogens with zero attached hydrogens (tertiary/aromatic N) is 1. The van der Waals surface area contributed by atoms with E-state index in [0.29, 0.717) is 22.4 Å². The number of imide groups is 1. The molecule has 1 aliphatic rings. The summed E-state index contributed by atoms with van der Waals surface area (Å²) in [6.45, 7) is -0.0318. The van der Waals surface area contributed by atoms with Crippen molar-refractivity contribution in [1.29, 1.82) is 0 Å². The summed E-state index contributed by atoms with van der Waals surface area (Å²) in [5.41, 5.74) is 7.25. The molecule has 100 valence electrons. The molecule has 20 heavy (non-hydrogen) atoms. The summed E-state index contributed by atoms with van der Waals surface area (Å²) in [6.07, 6.45) is 0. The number of amides is 2. The highest BCUT2D eigenvalue weighted by Gasteiger charge is 2.35. The highest BCUT2D eigenvalue weighted by molar-refractivity contribution is 6.21. The van der Waals surface area contributed by atoms with Crippen molar-refractivity contribution in [3.8, 4) is 0 Å². The molecule has 0 spiro atoms. The van der Waals surface area contributed by atoms with Gasteiger partial charge in [-0.1, -0.05) is 12.1 Å². The molecule has 0 saturated carbocycles. The van der Waals surface area contributed by atoms with Crippen molar-refractivity contribution in [2.24, 2.45) is 0 Å². The second kappa shape index (κ2) is 4.45. The van der Waals surface area contributed by atoms with Gasteiger partial charge < -0.3 is 5.73 Å². The molecular formula is C15H11FN2O2. The van der Waals surface area contributed by atoms with Crippen molar-refractivity contribution in [2.45, 2.75) is 6.54 Å². The van der Waals surface area contributed by atoms with Crippen LogP contribution in [0.25, 0.3) is 0 Å². The standard InChI is InChI=1S/C15H11FN2O2/c16-10-5-6-13(17)9(7-10)8-18-14(19)11-3-1-2-4-12(11)15(18)20/h1-7H,8,17H2. The van der Waals surface area contributed by atoms with Gasteiger partial charge in [0.2, 0.25) is 0 Å². The molecule has 5 heteroatoms. The largest absolute Gasteiger partial charge is 0.398 e.